The van der Waals surface area contributed by atoms with Gasteiger partial charge < -0.3 is 5.11 Å². The summed E-state index contributed by atoms with van der Waals surface area (Å²) in [6, 6.07) is 7.51. The third kappa shape index (κ3) is 2.95. The monoisotopic (exact) mass is 331 g/mol. The van der Waals surface area contributed by atoms with Crippen LogP contribution in [0.2, 0.25) is 5.02 Å². The predicted molar refractivity (Wildman–Crippen MR) is 78.3 cm³/mol. The van der Waals surface area contributed by atoms with Crippen molar-refractivity contribution in [2.75, 3.05) is 4.72 Å². The molecule has 1 heterocycles. The van der Waals surface area contributed by atoms with Gasteiger partial charge in [-0.25, -0.2) is 13.2 Å². The first kappa shape index (κ1) is 14.8. The van der Waals surface area contributed by atoms with E-state index in [0.717, 1.165) is 0 Å². The Morgan fingerprint density at radius 2 is 2.00 bits per heavy atom. The second kappa shape index (κ2) is 5.43. The molecule has 1 aromatic heterocycles. The molecule has 0 amide bonds. The number of rotatable bonds is 4. The number of carboxylic acid groups (broad SMARTS) is 1. The lowest BCUT2D eigenvalue weighted by molar-refractivity contribution is 0.0702. The van der Waals surface area contributed by atoms with Crippen LogP contribution in [0.15, 0.2) is 34.5 Å². The third-order valence-electron chi connectivity index (χ3n) is 2.52. The molecule has 0 spiro atoms. The average molecular weight is 332 g/mol. The summed E-state index contributed by atoms with van der Waals surface area (Å²) in [7, 11) is -3.85. The van der Waals surface area contributed by atoms with E-state index in [4.69, 9.17) is 16.7 Å². The van der Waals surface area contributed by atoms with Crippen molar-refractivity contribution in [2.24, 2.45) is 0 Å². The number of para-hydroxylation sites is 1. The third-order valence-corrected chi connectivity index (χ3v) is 5.75. The van der Waals surface area contributed by atoms with E-state index in [0.29, 0.717) is 22.6 Å². The molecule has 0 saturated heterocycles. The summed E-state index contributed by atoms with van der Waals surface area (Å²) in [5.41, 5.74) is 0.968. The first-order valence-corrected chi connectivity index (χ1v) is 8.10. The Morgan fingerprint density at radius 3 is 2.55 bits per heavy atom. The minimum Gasteiger partial charge on any atom is -0.477 e. The molecule has 0 atom stereocenters. The summed E-state index contributed by atoms with van der Waals surface area (Å²) in [6.07, 6.45) is 0. The molecular weight excluding hydrogens is 322 g/mol. The van der Waals surface area contributed by atoms with Crippen LogP contribution in [-0.4, -0.2) is 19.5 Å². The predicted octanol–water partition coefficient (Wildman–Crippen LogP) is 3.21. The summed E-state index contributed by atoms with van der Waals surface area (Å²) in [5, 5.41) is 9.10. The first-order valence-electron chi connectivity index (χ1n) is 5.42. The quantitative estimate of drug-likeness (QED) is 0.901. The molecule has 5 nitrogen and oxygen atoms in total. The van der Waals surface area contributed by atoms with E-state index < -0.39 is 16.0 Å². The van der Waals surface area contributed by atoms with E-state index in [1.165, 1.54) is 12.1 Å². The Morgan fingerprint density at radius 1 is 1.30 bits per heavy atom. The normalized spacial score (nSPS) is 11.3. The van der Waals surface area contributed by atoms with Gasteiger partial charge in [-0.05, 0) is 30.7 Å². The van der Waals surface area contributed by atoms with E-state index >= 15 is 0 Å². The first-order chi connectivity index (χ1) is 9.31. The van der Waals surface area contributed by atoms with Crippen molar-refractivity contribution < 1.29 is 18.3 Å². The number of benzene rings is 1. The van der Waals surface area contributed by atoms with Crippen molar-refractivity contribution in [3.05, 3.63) is 45.8 Å². The number of nitrogens with one attached hydrogen (secondary N) is 1. The Kier molecular flexibility index (Phi) is 4.03. The van der Waals surface area contributed by atoms with Crippen molar-refractivity contribution in [1.29, 1.82) is 0 Å². The molecule has 8 heteroatoms. The molecule has 2 rings (SSSR count). The molecule has 0 radical (unpaired) electrons. The Bertz CT molecular complexity index is 747. The minimum absolute atomic E-state index is 0.0405. The number of halogens is 1. The molecule has 0 fully saturated rings. The van der Waals surface area contributed by atoms with Crippen molar-refractivity contribution in [3.63, 3.8) is 0 Å². The zero-order valence-electron chi connectivity index (χ0n) is 10.3. The highest BCUT2D eigenvalue weighted by Crippen LogP contribution is 2.30. The smallest absolute Gasteiger partial charge is 0.345 e. The number of carboxylic acids is 1. The van der Waals surface area contributed by atoms with Crippen LogP contribution in [0.4, 0.5) is 5.69 Å². The van der Waals surface area contributed by atoms with E-state index in [1.54, 1.807) is 25.1 Å². The Hall–Kier alpha value is -1.57. The SMILES string of the molecule is Cc1cccc(Cl)c1NS(=O)(=O)c1ccc(C(=O)O)s1. The van der Waals surface area contributed by atoms with Gasteiger partial charge in [0.25, 0.3) is 10.0 Å². The maximum absolute atomic E-state index is 12.2. The highest BCUT2D eigenvalue weighted by molar-refractivity contribution is 7.94. The summed E-state index contributed by atoms with van der Waals surface area (Å²) in [6.45, 7) is 1.72. The highest BCUT2D eigenvalue weighted by Gasteiger charge is 2.20. The number of sulfonamides is 1. The maximum Gasteiger partial charge on any atom is 0.345 e. The molecule has 1 aromatic carbocycles. The number of anilines is 1. The Labute approximate surface area is 124 Å². The molecule has 0 aliphatic rings. The Balaban J connectivity index is 2.38. The largest absolute Gasteiger partial charge is 0.477 e. The number of hydrogen-bond acceptors (Lipinski definition) is 4. The molecule has 0 aliphatic carbocycles. The van der Waals surface area contributed by atoms with Crippen LogP contribution in [0, 0.1) is 6.92 Å². The highest BCUT2D eigenvalue weighted by atomic mass is 35.5. The van der Waals surface area contributed by atoms with E-state index in [2.05, 4.69) is 4.72 Å². The van der Waals surface area contributed by atoms with Gasteiger partial charge in [-0.15, -0.1) is 11.3 Å². The zero-order chi connectivity index (χ0) is 14.9. The zero-order valence-corrected chi connectivity index (χ0v) is 12.6. The molecule has 0 unspecified atom stereocenters. The molecule has 106 valence electrons. The van der Waals surface area contributed by atoms with Gasteiger partial charge in [0.15, 0.2) is 0 Å². The van der Waals surface area contributed by atoms with Crippen molar-refractivity contribution >= 4 is 44.6 Å². The van der Waals surface area contributed by atoms with Gasteiger partial charge >= 0.3 is 5.97 Å². The molecule has 2 N–H and O–H groups in total. The average Bonchev–Trinajstić information content (AvgIpc) is 2.84. The van der Waals surface area contributed by atoms with Crippen molar-refractivity contribution in [3.8, 4) is 0 Å². The number of aromatic carboxylic acids is 1. The molecular formula is C12H10ClNO4S2. The van der Waals surface area contributed by atoms with E-state index in [-0.39, 0.29) is 14.1 Å². The molecule has 0 aliphatic heterocycles. The van der Waals surface area contributed by atoms with Gasteiger partial charge in [0.2, 0.25) is 0 Å². The van der Waals surface area contributed by atoms with Crippen molar-refractivity contribution in [2.45, 2.75) is 11.1 Å². The molecule has 0 bridgehead atoms. The summed E-state index contributed by atoms with van der Waals surface area (Å²) >= 11 is 6.65. The van der Waals surface area contributed by atoms with Crippen molar-refractivity contribution in [1.82, 2.24) is 0 Å². The van der Waals surface area contributed by atoms with Crippen LogP contribution in [0.25, 0.3) is 0 Å². The summed E-state index contributed by atoms with van der Waals surface area (Å²) in [5.74, 6) is -1.16. The topological polar surface area (TPSA) is 83.5 Å². The minimum atomic E-state index is -3.85. The lowest BCUT2D eigenvalue weighted by Crippen LogP contribution is -2.12. The van der Waals surface area contributed by atoms with Gasteiger partial charge in [-0.3, -0.25) is 4.72 Å². The summed E-state index contributed by atoms with van der Waals surface area (Å²) in [4.78, 5) is 10.7. The standard InChI is InChI=1S/C12H10ClNO4S2/c1-7-3-2-4-8(13)11(7)14-20(17,18)10-6-5-9(19-10)12(15)16/h2-6,14H,1H3,(H,15,16). The van der Waals surface area contributed by atoms with Crippen LogP contribution in [0.5, 0.6) is 0 Å². The van der Waals surface area contributed by atoms with Crippen LogP contribution in [0.3, 0.4) is 0 Å². The van der Waals surface area contributed by atoms with Crippen LogP contribution < -0.4 is 4.72 Å². The lowest BCUT2D eigenvalue weighted by atomic mass is 10.2. The molecule has 2 aromatic rings. The van der Waals surface area contributed by atoms with E-state index in [1.807, 2.05) is 0 Å². The fourth-order valence-electron chi connectivity index (χ4n) is 1.53. The fraction of sp³-hybridized carbons (Fsp3) is 0.0833. The van der Waals surface area contributed by atoms with Gasteiger partial charge in [-0.1, -0.05) is 23.7 Å². The maximum atomic E-state index is 12.2. The number of hydrogen-bond donors (Lipinski definition) is 2. The summed E-state index contributed by atoms with van der Waals surface area (Å²) < 4.78 is 26.7. The molecule has 0 saturated carbocycles. The van der Waals surface area contributed by atoms with Crippen LogP contribution in [0.1, 0.15) is 15.2 Å². The van der Waals surface area contributed by atoms with Gasteiger partial charge in [-0.2, -0.15) is 0 Å². The fourth-order valence-corrected chi connectivity index (χ4v) is 4.15. The number of carbonyl (C=O) groups is 1. The van der Waals surface area contributed by atoms with Crippen LogP contribution in [-0.2, 0) is 10.0 Å². The second-order valence-corrected chi connectivity index (χ2v) is 7.36. The second-order valence-electron chi connectivity index (χ2n) is 3.96. The number of thiophene rings is 1. The number of aryl methyl sites for hydroxylation is 1. The van der Waals surface area contributed by atoms with Gasteiger partial charge in [0.05, 0.1) is 10.7 Å². The van der Waals surface area contributed by atoms with Gasteiger partial charge in [0.1, 0.15) is 9.09 Å². The van der Waals surface area contributed by atoms with Gasteiger partial charge in [0, 0.05) is 0 Å². The van der Waals surface area contributed by atoms with Crippen LogP contribution >= 0.6 is 22.9 Å². The van der Waals surface area contributed by atoms with E-state index in [9.17, 15) is 13.2 Å². The lowest BCUT2D eigenvalue weighted by Gasteiger charge is -2.10. The molecule has 20 heavy (non-hydrogen) atoms.